The highest BCUT2D eigenvalue weighted by Crippen LogP contribution is 2.45. The zero-order valence-electron chi connectivity index (χ0n) is 18.0. The van der Waals surface area contributed by atoms with E-state index in [-0.39, 0.29) is 24.0 Å². The maximum absolute atomic E-state index is 10.1. The first kappa shape index (κ1) is 22.9. The largest absolute Gasteiger partial charge is 0.406 e. The Kier molecular flexibility index (Phi) is 6.95. The lowest BCUT2D eigenvalue weighted by Gasteiger charge is -2.39. The van der Waals surface area contributed by atoms with E-state index in [1.165, 1.54) is 11.3 Å². The second kappa shape index (κ2) is 8.79. The Labute approximate surface area is 183 Å². The number of thiophene rings is 1. The van der Waals surface area contributed by atoms with Crippen molar-refractivity contribution >= 4 is 31.3 Å². The first-order valence-electron chi connectivity index (χ1n) is 9.93. The van der Waals surface area contributed by atoms with E-state index in [1.807, 2.05) is 19.1 Å². The molecule has 7 heteroatoms. The highest BCUT2D eigenvalue weighted by molar-refractivity contribution is 7.12. The molecule has 1 aliphatic heterocycles. The Balaban J connectivity index is 2.09. The van der Waals surface area contributed by atoms with E-state index in [4.69, 9.17) is 25.5 Å². The minimum atomic E-state index is -2.11. The van der Waals surface area contributed by atoms with Crippen LogP contribution in [-0.2, 0) is 20.5 Å². The smallest absolute Gasteiger partial charge is 0.193 e. The number of aryl methyl sites for hydroxylation is 1. The van der Waals surface area contributed by atoms with Crippen LogP contribution in [-0.4, -0.2) is 26.6 Å². The van der Waals surface area contributed by atoms with Crippen LogP contribution < -0.4 is 0 Å². The standard InChI is InChI=1S/C22H31ClO4SSi/c1-14-9-15(11-16(23)10-14)20(27-29(5,6)22(2,3)4)17-12-18(28-19(17)13-24)21-25-7-8-26-21/h9-12,20-21,24H,7-8,13H2,1-6H3. The van der Waals surface area contributed by atoms with Gasteiger partial charge in [-0.2, -0.15) is 0 Å². The van der Waals surface area contributed by atoms with Gasteiger partial charge in [-0.1, -0.05) is 38.4 Å². The maximum atomic E-state index is 10.1. The Morgan fingerprint density at radius 1 is 1.21 bits per heavy atom. The fraction of sp³-hybridized carbons (Fsp3) is 0.545. The van der Waals surface area contributed by atoms with Crippen molar-refractivity contribution in [2.24, 2.45) is 0 Å². The highest BCUT2D eigenvalue weighted by atomic mass is 35.5. The molecule has 0 bridgehead atoms. The summed E-state index contributed by atoms with van der Waals surface area (Å²) < 4.78 is 18.3. The van der Waals surface area contributed by atoms with Crippen LogP contribution in [0.2, 0.25) is 23.2 Å². The fourth-order valence-electron chi connectivity index (χ4n) is 3.15. The number of aliphatic hydroxyl groups is 1. The SMILES string of the molecule is Cc1cc(Cl)cc(C(O[Si](C)(C)C(C)(C)C)c2cc(C3OCCO3)sc2CO)c1. The van der Waals surface area contributed by atoms with Gasteiger partial charge in [-0.25, -0.2) is 0 Å². The summed E-state index contributed by atoms with van der Waals surface area (Å²) in [6.45, 7) is 14.3. The molecule has 0 spiro atoms. The first-order chi connectivity index (χ1) is 13.5. The summed E-state index contributed by atoms with van der Waals surface area (Å²) in [5.41, 5.74) is 3.06. The van der Waals surface area contributed by atoms with E-state index in [1.54, 1.807) is 0 Å². The van der Waals surface area contributed by atoms with Crippen molar-refractivity contribution in [1.29, 1.82) is 0 Å². The van der Waals surface area contributed by atoms with E-state index in [9.17, 15) is 5.11 Å². The average molecular weight is 455 g/mol. The van der Waals surface area contributed by atoms with E-state index in [0.717, 1.165) is 26.4 Å². The lowest BCUT2D eigenvalue weighted by molar-refractivity contribution is -0.0413. The zero-order chi connectivity index (χ0) is 21.4. The van der Waals surface area contributed by atoms with Crippen molar-refractivity contribution in [3.05, 3.63) is 55.7 Å². The van der Waals surface area contributed by atoms with Gasteiger partial charge in [-0.3, -0.25) is 0 Å². The van der Waals surface area contributed by atoms with Crippen LogP contribution in [0.3, 0.4) is 0 Å². The van der Waals surface area contributed by atoms with Gasteiger partial charge in [0.05, 0.1) is 30.8 Å². The third kappa shape index (κ3) is 5.13. The van der Waals surface area contributed by atoms with Gasteiger partial charge in [-0.15, -0.1) is 11.3 Å². The number of aliphatic hydroxyl groups excluding tert-OH is 1. The molecule has 1 aromatic carbocycles. The fourth-order valence-corrected chi connectivity index (χ4v) is 5.70. The van der Waals surface area contributed by atoms with Gasteiger partial charge in [0.25, 0.3) is 0 Å². The van der Waals surface area contributed by atoms with Gasteiger partial charge in [-0.05, 0) is 54.4 Å². The van der Waals surface area contributed by atoms with E-state index < -0.39 is 8.32 Å². The quantitative estimate of drug-likeness (QED) is 0.516. The number of ether oxygens (including phenoxy) is 2. The minimum Gasteiger partial charge on any atom is -0.406 e. The van der Waals surface area contributed by atoms with Crippen molar-refractivity contribution in [2.75, 3.05) is 13.2 Å². The predicted molar refractivity (Wildman–Crippen MR) is 121 cm³/mol. The summed E-state index contributed by atoms with van der Waals surface area (Å²) in [4.78, 5) is 1.84. The molecule has 29 heavy (non-hydrogen) atoms. The Hall–Kier alpha value is -0.733. The minimum absolute atomic E-state index is 0.0504. The van der Waals surface area contributed by atoms with Crippen LogP contribution in [0.25, 0.3) is 0 Å². The highest BCUT2D eigenvalue weighted by Gasteiger charge is 2.41. The number of hydrogen-bond donors (Lipinski definition) is 1. The molecule has 1 saturated heterocycles. The second-order valence-electron chi connectivity index (χ2n) is 9.08. The molecule has 2 aromatic rings. The zero-order valence-corrected chi connectivity index (χ0v) is 20.6. The van der Waals surface area contributed by atoms with E-state index in [0.29, 0.717) is 18.2 Å². The first-order valence-corrected chi connectivity index (χ1v) is 14.0. The van der Waals surface area contributed by atoms with Gasteiger partial charge in [0.1, 0.15) is 0 Å². The second-order valence-corrected chi connectivity index (χ2v) is 15.4. The van der Waals surface area contributed by atoms with Crippen LogP contribution in [0.1, 0.15) is 59.6 Å². The van der Waals surface area contributed by atoms with E-state index >= 15 is 0 Å². The van der Waals surface area contributed by atoms with Gasteiger partial charge < -0.3 is 19.0 Å². The van der Waals surface area contributed by atoms with Crippen molar-refractivity contribution in [3.63, 3.8) is 0 Å². The molecule has 0 radical (unpaired) electrons. The number of halogens is 1. The summed E-state index contributed by atoms with van der Waals surface area (Å²) in [6, 6.07) is 8.10. The molecular formula is C22H31ClO4SSi. The summed E-state index contributed by atoms with van der Waals surface area (Å²) in [5, 5.41) is 10.8. The summed E-state index contributed by atoms with van der Waals surface area (Å²) in [7, 11) is -2.11. The molecule has 1 aliphatic rings. The molecule has 0 saturated carbocycles. The van der Waals surface area contributed by atoms with Crippen molar-refractivity contribution in [3.8, 4) is 0 Å². The number of benzene rings is 1. The van der Waals surface area contributed by atoms with Gasteiger partial charge in [0, 0.05) is 15.5 Å². The maximum Gasteiger partial charge on any atom is 0.193 e. The molecule has 1 unspecified atom stereocenters. The molecule has 1 fully saturated rings. The number of hydrogen-bond acceptors (Lipinski definition) is 5. The predicted octanol–water partition coefficient (Wildman–Crippen LogP) is 6.36. The van der Waals surface area contributed by atoms with Gasteiger partial charge >= 0.3 is 0 Å². The van der Waals surface area contributed by atoms with Crippen LogP contribution in [0, 0.1) is 6.92 Å². The summed E-state index contributed by atoms with van der Waals surface area (Å²) in [5.74, 6) is 0. The van der Waals surface area contributed by atoms with Crippen LogP contribution in [0.5, 0.6) is 0 Å². The summed E-state index contributed by atoms with van der Waals surface area (Å²) >= 11 is 7.92. The molecular weight excluding hydrogens is 424 g/mol. The normalized spacial score (nSPS) is 17.1. The Bertz CT molecular complexity index is 833. The summed E-state index contributed by atoms with van der Waals surface area (Å²) in [6.07, 6.45) is -0.671. The molecule has 1 aromatic heterocycles. The molecule has 1 atom stereocenters. The van der Waals surface area contributed by atoms with Gasteiger partial charge in [0.2, 0.25) is 0 Å². The average Bonchev–Trinajstić information content (AvgIpc) is 3.27. The molecule has 160 valence electrons. The Morgan fingerprint density at radius 2 is 1.86 bits per heavy atom. The van der Waals surface area contributed by atoms with Crippen LogP contribution in [0.15, 0.2) is 24.3 Å². The van der Waals surface area contributed by atoms with Crippen molar-refractivity contribution < 1.29 is 19.0 Å². The number of rotatable bonds is 6. The van der Waals surface area contributed by atoms with Gasteiger partial charge in [0.15, 0.2) is 14.6 Å². The van der Waals surface area contributed by atoms with Crippen LogP contribution in [0.4, 0.5) is 0 Å². The molecule has 0 aliphatic carbocycles. The Morgan fingerprint density at radius 3 is 2.41 bits per heavy atom. The third-order valence-electron chi connectivity index (χ3n) is 5.73. The van der Waals surface area contributed by atoms with Crippen molar-refractivity contribution in [2.45, 2.75) is 64.8 Å². The molecule has 3 rings (SSSR count). The lowest BCUT2D eigenvalue weighted by Crippen LogP contribution is -2.42. The lowest BCUT2D eigenvalue weighted by atomic mass is 10.00. The topological polar surface area (TPSA) is 47.9 Å². The van der Waals surface area contributed by atoms with Crippen LogP contribution >= 0.6 is 22.9 Å². The third-order valence-corrected chi connectivity index (χ3v) is 11.5. The monoisotopic (exact) mass is 454 g/mol. The van der Waals surface area contributed by atoms with Crippen molar-refractivity contribution in [1.82, 2.24) is 0 Å². The molecule has 4 nitrogen and oxygen atoms in total. The molecule has 2 heterocycles. The van der Waals surface area contributed by atoms with E-state index in [2.05, 4.69) is 46.0 Å². The molecule has 1 N–H and O–H groups in total. The molecule has 0 amide bonds.